The fourth-order valence-electron chi connectivity index (χ4n) is 4.80. The van der Waals surface area contributed by atoms with E-state index in [2.05, 4.69) is 35.8 Å². The summed E-state index contributed by atoms with van der Waals surface area (Å²) in [5.41, 5.74) is 6.61. The molecule has 6 rings (SSSR count). The zero-order valence-electron chi connectivity index (χ0n) is 18.9. The normalized spacial score (nSPS) is 11.6. The van der Waals surface area contributed by atoms with Crippen LogP contribution in [0.15, 0.2) is 84.9 Å². The molecule has 0 saturated heterocycles. The molecule has 34 heavy (non-hydrogen) atoms. The summed E-state index contributed by atoms with van der Waals surface area (Å²) in [5, 5.41) is 3.27. The highest BCUT2D eigenvalue weighted by Gasteiger charge is 2.16. The summed E-state index contributed by atoms with van der Waals surface area (Å²) in [7, 11) is 0. The van der Waals surface area contributed by atoms with Crippen LogP contribution < -0.4 is 0 Å². The van der Waals surface area contributed by atoms with Crippen molar-refractivity contribution in [1.29, 1.82) is 0 Å². The summed E-state index contributed by atoms with van der Waals surface area (Å²) < 4.78 is 7.82. The molecule has 0 aliphatic rings. The molecular weight excluding hydrogens is 422 g/mol. The summed E-state index contributed by atoms with van der Waals surface area (Å²) in [6.45, 7) is 2.87. The highest BCUT2D eigenvalue weighted by atomic mass is 16.5. The van der Waals surface area contributed by atoms with Gasteiger partial charge >= 0.3 is 5.97 Å². The number of carbonyl (C=O) groups excluding carboxylic acids is 1. The number of esters is 1. The lowest BCUT2D eigenvalue weighted by molar-refractivity contribution is -0.143. The number of carbonyl (C=O) groups is 1. The minimum Gasteiger partial charge on any atom is -0.464 e. The summed E-state index contributed by atoms with van der Waals surface area (Å²) in [6, 6.07) is 28.2. The first kappa shape index (κ1) is 20.4. The Bertz CT molecular complexity index is 1700. The van der Waals surface area contributed by atoms with E-state index in [0.29, 0.717) is 6.54 Å². The smallest absolute Gasteiger partial charge is 0.310 e. The topological polar surface area (TPSA) is 57.0 Å². The molecule has 5 nitrogen and oxygen atoms in total. The molecule has 0 aliphatic heterocycles. The van der Waals surface area contributed by atoms with E-state index in [0.717, 1.165) is 55.0 Å². The van der Waals surface area contributed by atoms with Crippen molar-refractivity contribution in [3.05, 3.63) is 96.1 Å². The zero-order chi connectivity index (χ0) is 23.1. The lowest BCUT2D eigenvalue weighted by Crippen LogP contribution is -2.14. The van der Waals surface area contributed by atoms with Gasteiger partial charge in [-0.1, -0.05) is 72.8 Å². The van der Waals surface area contributed by atoms with Crippen LogP contribution in [0.1, 0.15) is 11.1 Å². The second-order valence-electron chi connectivity index (χ2n) is 8.54. The lowest BCUT2D eigenvalue weighted by atomic mass is 10.0. The maximum atomic E-state index is 12.7. The van der Waals surface area contributed by atoms with Crippen LogP contribution in [0.4, 0.5) is 0 Å². The van der Waals surface area contributed by atoms with Crippen molar-refractivity contribution in [3.63, 3.8) is 0 Å². The van der Waals surface area contributed by atoms with Crippen LogP contribution in [-0.4, -0.2) is 27.1 Å². The number of nitrogens with zero attached hydrogens (tertiary/aromatic N) is 3. The van der Waals surface area contributed by atoms with Crippen molar-refractivity contribution in [2.45, 2.75) is 19.9 Å². The third kappa shape index (κ3) is 3.46. The van der Waals surface area contributed by atoms with Gasteiger partial charge in [-0.3, -0.25) is 4.79 Å². The molecule has 0 atom stereocenters. The summed E-state index contributed by atoms with van der Waals surface area (Å²) >= 11 is 0. The number of hydrogen-bond acceptors (Lipinski definition) is 4. The van der Waals surface area contributed by atoms with Gasteiger partial charge < -0.3 is 9.30 Å². The number of benzene rings is 4. The zero-order valence-corrected chi connectivity index (χ0v) is 18.9. The number of aromatic nitrogens is 3. The van der Waals surface area contributed by atoms with E-state index in [1.165, 1.54) is 0 Å². The number of hydrogen-bond donors (Lipinski definition) is 0. The van der Waals surface area contributed by atoms with Gasteiger partial charge in [-0.05, 0) is 41.0 Å². The highest BCUT2D eigenvalue weighted by Crippen LogP contribution is 2.30. The molecule has 0 amide bonds. The predicted octanol–water partition coefficient (Wildman–Crippen LogP) is 5.99. The van der Waals surface area contributed by atoms with Crippen molar-refractivity contribution in [2.75, 3.05) is 6.61 Å². The molecule has 0 radical (unpaired) electrons. The molecule has 2 heterocycles. The molecule has 0 aliphatic carbocycles. The van der Waals surface area contributed by atoms with Crippen molar-refractivity contribution in [2.24, 2.45) is 0 Å². The molecule has 5 heteroatoms. The first-order valence-corrected chi connectivity index (χ1v) is 11.5. The number of ether oxygens (including phenoxy) is 1. The Kier molecular flexibility index (Phi) is 4.95. The fourth-order valence-corrected chi connectivity index (χ4v) is 4.80. The van der Waals surface area contributed by atoms with Gasteiger partial charge in [0.1, 0.15) is 12.1 Å². The van der Waals surface area contributed by atoms with E-state index in [9.17, 15) is 4.79 Å². The highest BCUT2D eigenvalue weighted by molar-refractivity contribution is 6.07. The van der Waals surface area contributed by atoms with Gasteiger partial charge in [-0.15, -0.1) is 0 Å². The van der Waals surface area contributed by atoms with Crippen LogP contribution in [0.2, 0.25) is 0 Å². The first-order valence-electron chi connectivity index (χ1n) is 11.5. The van der Waals surface area contributed by atoms with Crippen LogP contribution in [0.25, 0.3) is 43.9 Å². The molecule has 0 unspecified atom stereocenters. The minimum absolute atomic E-state index is 0.231. The van der Waals surface area contributed by atoms with Crippen molar-refractivity contribution < 1.29 is 9.53 Å². The Morgan fingerprint density at radius 3 is 2.41 bits per heavy atom. The van der Waals surface area contributed by atoms with Gasteiger partial charge in [0.2, 0.25) is 0 Å². The molecule has 0 spiro atoms. The third-order valence-corrected chi connectivity index (χ3v) is 6.36. The van der Waals surface area contributed by atoms with Crippen LogP contribution in [-0.2, 0) is 22.5 Å². The summed E-state index contributed by atoms with van der Waals surface area (Å²) in [4.78, 5) is 22.5. The van der Waals surface area contributed by atoms with Crippen molar-refractivity contribution >= 4 is 49.8 Å². The SMILES string of the molecule is Cc1cccc2c3nc4ccccc4nc3n(CCOC(=O)Cc3cccc4ccccc34)c12. The molecule has 0 N–H and O–H groups in total. The quantitative estimate of drug-likeness (QED) is 0.306. The summed E-state index contributed by atoms with van der Waals surface area (Å²) in [6.07, 6.45) is 0.248. The Morgan fingerprint density at radius 1 is 0.824 bits per heavy atom. The molecule has 6 aromatic rings. The minimum atomic E-state index is -0.231. The number of para-hydroxylation sites is 3. The molecule has 2 aromatic heterocycles. The standard InChI is InChI=1S/C29H23N3O2/c1-19-8-6-13-23-27-29(31-25-15-5-4-14-24(25)30-27)32(28(19)23)16-17-34-26(33)18-21-11-7-10-20-9-2-3-12-22(20)21/h2-15H,16-18H2,1H3. The monoisotopic (exact) mass is 445 g/mol. The number of aryl methyl sites for hydroxylation is 1. The van der Waals surface area contributed by atoms with Crippen molar-refractivity contribution in [1.82, 2.24) is 14.5 Å². The van der Waals surface area contributed by atoms with E-state index in [1.54, 1.807) is 0 Å². The fraction of sp³-hybridized carbons (Fsp3) is 0.138. The number of fused-ring (bicyclic) bond motifs is 5. The average Bonchev–Trinajstić information content (AvgIpc) is 3.17. The van der Waals surface area contributed by atoms with Gasteiger partial charge in [-0.2, -0.15) is 0 Å². The van der Waals surface area contributed by atoms with Gasteiger partial charge in [0.15, 0.2) is 5.65 Å². The predicted molar refractivity (Wildman–Crippen MR) is 136 cm³/mol. The second kappa shape index (κ2) is 8.27. The Labute approximate surface area is 196 Å². The second-order valence-corrected chi connectivity index (χ2v) is 8.54. The lowest BCUT2D eigenvalue weighted by Gasteiger charge is -2.10. The van der Waals surface area contributed by atoms with Gasteiger partial charge in [0.25, 0.3) is 0 Å². The molecule has 166 valence electrons. The van der Waals surface area contributed by atoms with Crippen LogP contribution in [0.5, 0.6) is 0 Å². The third-order valence-electron chi connectivity index (χ3n) is 6.36. The van der Waals surface area contributed by atoms with Crippen molar-refractivity contribution in [3.8, 4) is 0 Å². The summed E-state index contributed by atoms with van der Waals surface area (Å²) in [5.74, 6) is -0.231. The van der Waals surface area contributed by atoms with Crippen LogP contribution >= 0.6 is 0 Å². The van der Waals surface area contributed by atoms with E-state index in [1.807, 2.05) is 60.7 Å². The number of rotatable bonds is 5. The Hall–Kier alpha value is -4.25. The first-order chi connectivity index (χ1) is 16.7. The Morgan fingerprint density at radius 2 is 1.53 bits per heavy atom. The molecule has 0 fully saturated rings. The van der Waals surface area contributed by atoms with Crippen LogP contribution in [0, 0.1) is 6.92 Å². The molecule has 4 aromatic carbocycles. The van der Waals surface area contributed by atoms with Gasteiger partial charge in [0.05, 0.1) is 29.5 Å². The molecule has 0 bridgehead atoms. The van der Waals surface area contributed by atoms with Crippen LogP contribution in [0.3, 0.4) is 0 Å². The molecule has 0 saturated carbocycles. The largest absolute Gasteiger partial charge is 0.464 e. The maximum Gasteiger partial charge on any atom is 0.310 e. The van der Waals surface area contributed by atoms with E-state index in [4.69, 9.17) is 14.7 Å². The average molecular weight is 446 g/mol. The Balaban J connectivity index is 1.29. The van der Waals surface area contributed by atoms with E-state index in [-0.39, 0.29) is 19.0 Å². The van der Waals surface area contributed by atoms with E-state index < -0.39 is 0 Å². The maximum absolute atomic E-state index is 12.7. The van der Waals surface area contributed by atoms with E-state index >= 15 is 0 Å². The molecular formula is C29H23N3O2. The van der Waals surface area contributed by atoms with Gasteiger partial charge in [0, 0.05) is 5.39 Å². The van der Waals surface area contributed by atoms with Gasteiger partial charge in [-0.25, -0.2) is 9.97 Å².